The molecule has 1 heterocycles. The molecule has 2 aromatic rings. The summed E-state index contributed by atoms with van der Waals surface area (Å²) in [7, 11) is 0. The second-order valence-electron chi connectivity index (χ2n) is 5.84. The lowest BCUT2D eigenvalue weighted by Gasteiger charge is -2.28. The zero-order chi connectivity index (χ0) is 17.1. The van der Waals surface area contributed by atoms with E-state index in [0.29, 0.717) is 24.3 Å². The third-order valence-electron chi connectivity index (χ3n) is 4.14. The molecule has 2 aromatic carbocycles. The summed E-state index contributed by atoms with van der Waals surface area (Å²) in [5.41, 5.74) is 3.23. The number of carbonyl (C=O) groups excluding carboxylic acids is 3. The van der Waals surface area contributed by atoms with Crippen molar-refractivity contribution in [1.82, 2.24) is 4.90 Å². The molecule has 0 radical (unpaired) electrons. The van der Waals surface area contributed by atoms with Crippen LogP contribution in [0.1, 0.15) is 28.4 Å². The lowest BCUT2D eigenvalue weighted by Crippen LogP contribution is -2.42. The molecule has 0 saturated heterocycles. The van der Waals surface area contributed by atoms with E-state index in [1.807, 2.05) is 24.3 Å². The zero-order valence-electron chi connectivity index (χ0n) is 13.4. The number of hydrogen-bond donors (Lipinski definition) is 1. The number of nitrogens with one attached hydrogen (secondary N) is 1. The molecule has 2 amide bonds. The van der Waals surface area contributed by atoms with Crippen molar-refractivity contribution in [3.8, 4) is 0 Å². The van der Waals surface area contributed by atoms with Crippen LogP contribution in [0.15, 0.2) is 48.5 Å². The highest BCUT2D eigenvalue weighted by Crippen LogP contribution is 2.19. The maximum atomic E-state index is 12.4. The molecule has 3 rings (SSSR count). The Balaban J connectivity index is 1.69. The van der Waals surface area contributed by atoms with E-state index in [0.717, 1.165) is 12.0 Å². The van der Waals surface area contributed by atoms with Gasteiger partial charge in [0.15, 0.2) is 5.78 Å². The van der Waals surface area contributed by atoms with Crippen molar-refractivity contribution in [3.63, 3.8) is 0 Å². The second-order valence-corrected chi connectivity index (χ2v) is 5.84. The first-order chi connectivity index (χ1) is 11.5. The Bertz CT molecular complexity index is 814. The molecule has 24 heavy (non-hydrogen) atoms. The van der Waals surface area contributed by atoms with Crippen LogP contribution >= 0.6 is 0 Å². The van der Waals surface area contributed by atoms with Gasteiger partial charge < -0.3 is 10.2 Å². The highest BCUT2D eigenvalue weighted by Gasteiger charge is 2.25. The van der Waals surface area contributed by atoms with Crippen molar-refractivity contribution in [2.75, 3.05) is 11.9 Å². The largest absolute Gasteiger partial charge is 0.330 e. The summed E-state index contributed by atoms with van der Waals surface area (Å²) in [5, 5.41) is 2.58. The number of benzene rings is 2. The van der Waals surface area contributed by atoms with Gasteiger partial charge in [-0.15, -0.1) is 0 Å². The average Bonchev–Trinajstić information content (AvgIpc) is 2.60. The molecule has 0 fully saturated rings. The van der Waals surface area contributed by atoms with Gasteiger partial charge in [-0.05, 0) is 36.6 Å². The number of Topliss-reactive ketones (excluding diaryl/α,β-unsaturated/α-hetero) is 1. The van der Waals surface area contributed by atoms with Gasteiger partial charge in [0.05, 0.1) is 0 Å². The maximum Gasteiger partial charge on any atom is 0.313 e. The Kier molecular flexibility index (Phi) is 4.42. The topological polar surface area (TPSA) is 66.5 Å². The zero-order valence-corrected chi connectivity index (χ0v) is 13.4. The molecule has 1 N–H and O–H groups in total. The van der Waals surface area contributed by atoms with E-state index >= 15 is 0 Å². The van der Waals surface area contributed by atoms with Crippen LogP contribution < -0.4 is 5.32 Å². The molecule has 0 bridgehead atoms. The minimum atomic E-state index is -0.685. The molecule has 0 aromatic heterocycles. The summed E-state index contributed by atoms with van der Waals surface area (Å²) in [6.45, 7) is 2.42. The van der Waals surface area contributed by atoms with Crippen molar-refractivity contribution in [2.45, 2.75) is 19.9 Å². The predicted molar refractivity (Wildman–Crippen MR) is 90.6 cm³/mol. The third kappa shape index (κ3) is 3.35. The summed E-state index contributed by atoms with van der Waals surface area (Å²) < 4.78 is 0. The minimum Gasteiger partial charge on any atom is -0.330 e. The van der Waals surface area contributed by atoms with Gasteiger partial charge in [-0.2, -0.15) is 0 Å². The molecule has 1 aliphatic rings. The Morgan fingerprint density at radius 3 is 2.50 bits per heavy atom. The molecule has 122 valence electrons. The fraction of sp³-hybridized carbons (Fsp3) is 0.211. The van der Waals surface area contributed by atoms with Crippen molar-refractivity contribution in [1.29, 1.82) is 0 Å². The Morgan fingerprint density at radius 2 is 1.75 bits per heavy atom. The van der Waals surface area contributed by atoms with E-state index < -0.39 is 11.8 Å². The van der Waals surface area contributed by atoms with E-state index in [1.54, 1.807) is 29.2 Å². The quantitative estimate of drug-likeness (QED) is 0.682. The summed E-state index contributed by atoms with van der Waals surface area (Å²) in [6, 6.07) is 14.5. The van der Waals surface area contributed by atoms with Crippen LogP contribution in [-0.2, 0) is 22.6 Å². The van der Waals surface area contributed by atoms with Crippen molar-refractivity contribution >= 4 is 23.3 Å². The van der Waals surface area contributed by atoms with Crippen molar-refractivity contribution in [3.05, 3.63) is 65.2 Å². The third-order valence-corrected chi connectivity index (χ3v) is 4.14. The number of amides is 2. The molecule has 0 atom stereocenters. The second kappa shape index (κ2) is 6.66. The summed E-state index contributed by atoms with van der Waals surface area (Å²) in [4.78, 5) is 37.5. The first-order valence-electron chi connectivity index (χ1n) is 7.82. The van der Waals surface area contributed by atoms with Crippen LogP contribution in [0.3, 0.4) is 0 Å². The molecule has 0 aliphatic carbocycles. The fourth-order valence-corrected chi connectivity index (χ4v) is 2.81. The molecular weight excluding hydrogens is 304 g/mol. The number of hydrogen-bond acceptors (Lipinski definition) is 3. The number of carbonyl (C=O) groups is 3. The molecule has 5 nitrogen and oxygen atoms in total. The maximum absolute atomic E-state index is 12.4. The fourth-order valence-electron chi connectivity index (χ4n) is 2.81. The van der Waals surface area contributed by atoms with Gasteiger partial charge in [0.2, 0.25) is 0 Å². The van der Waals surface area contributed by atoms with Crippen molar-refractivity contribution < 1.29 is 14.4 Å². The van der Waals surface area contributed by atoms with E-state index in [4.69, 9.17) is 0 Å². The normalized spacial score (nSPS) is 13.1. The highest BCUT2D eigenvalue weighted by atomic mass is 16.2. The van der Waals surface area contributed by atoms with Crippen LogP contribution in [0.25, 0.3) is 0 Å². The van der Waals surface area contributed by atoms with E-state index in [-0.39, 0.29) is 5.78 Å². The number of fused-ring (bicyclic) bond motifs is 1. The lowest BCUT2D eigenvalue weighted by atomic mass is 10.00. The van der Waals surface area contributed by atoms with Gasteiger partial charge in [-0.3, -0.25) is 14.4 Å². The Morgan fingerprint density at radius 1 is 1.00 bits per heavy atom. The van der Waals surface area contributed by atoms with E-state index in [2.05, 4.69) is 5.32 Å². The summed E-state index contributed by atoms with van der Waals surface area (Å²) in [6.07, 6.45) is 0.745. The molecule has 0 spiro atoms. The van der Waals surface area contributed by atoms with Crippen LogP contribution in [0, 0.1) is 0 Å². The lowest BCUT2D eigenvalue weighted by molar-refractivity contribution is -0.143. The highest BCUT2D eigenvalue weighted by molar-refractivity contribution is 6.39. The van der Waals surface area contributed by atoms with Crippen molar-refractivity contribution in [2.24, 2.45) is 0 Å². The Labute approximate surface area is 140 Å². The number of rotatable bonds is 2. The van der Waals surface area contributed by atoms with Gasteiger partial charge in [-0.1, -0.05) is 36.4 Å². The minimum absolute atomic E-state index is 0.0925. The van der Waals surface area contributed by atoms with Gasteiger partial charge in [0.1, 0.15) is 0 Å². The predicted octanol–water partition coefficient (Wildman–Crippen LogP) is 2.41. The number of nitrogens with zero attached hydrogens (tertiary/aromatic N) is 1. The standard InChI is InChI=1S/C19H18N2O3/c1-13(22)15-7-4-8-17(11-15)20-18(23)19(24)21-10-9-14-5-2-3-6-16(14)12-21/h2-8,11H,9-10,12H2,1H3,(H,20,23). The molecule has 0 unspecified atom stereocenters. The first-order valence-corrected chi connectivity index (χ1v) is 7.82. The van der Waals surface area contributed by atoms with Crippen LogP contribution in [0.5, 0.6) is 0 Å². The monoisotopic (exact) mass is 322 g/mol. The van der Waals surface area contributed by atoms with Gasteiger partial charge >= 0.3 is 11.8 Å². The van der Waals surface area contributed by atoms with E-state index in [1.165, 1.54) is 12.5 Å². The van der Waals surface area contributed by atoms with Crippen LogP contribution in [0.2, 0.25) is 0 Å². The molecule has 1 aliphatic heterocycles. The smallest absolute Gasteiger partial charge is 0.313 e. The molecular formula is C19H18N2O3. The Hall–Kier alpha value is -2.95. The van der Waals surface area contributed by atoms with Crippen LogP contribution in [-0.4, -0.2) is 29.0 Å². The summed E-state index contributed by atoms with van der Waals surface area (Å²) >= 11 is 0. The van der Waals surface area contributed by atoms with Gasteiger partial charge in [-0.25, -0.2) is 0 Å². The SMILES string of the molecule is CC(=O)c1cccc(NC(=O)C(=O)N2CCc3ccccc3C2)c1. The molecule has 0 saturated carbocycles. The average molecular weight is 322 g/mol. The number of ketones is 1. The first kappa shape index (κ1) is 15.9. The summed E-state index contributed by atoms with van der Waals surface area (Å²) in [5.74, 6) is -1.34. The number of anilines is 1. The van der Waals surface area contributed by atoms with E-state index in [9.17, 15) is 14.4 Å². The van der Waals surface area contributed by atoms with Crippen LogP contribution in [0.4, 0.5) is 5.69 Å². The van der Waals surface area contributed by atoms with Gasteiger partial charge in [0, 0.05) is 24.3 Å². The molecule has 5 heteroatoms. The van der Waals surface area contributed by atoms with Gasteiger partial charge in [0.25, 0.3) is 0 Å².